The first-order chi connectivity index (χ1) is 30.7. The Morgan fingerprint density at radius 2 is 1.20 bits per heavy atom. The zero-order valence-corrected chi connectivity index (χ0v) is 42.8. The minimum atomic E-state index is -0.664. The van der Waals surface area contributed by atoms with Crippen molar-refractivity contribution >= 4 is 38.9 Å². The van der Waals surface area contributed by atoms with Crippen LogP contribution in [-0.2, 0) is 48.1 Å². The third-order valence-corrected chi connectivity index (χ3v) is 14.2. The van der Waals surface area contributed by atoms with E-state index in [-0.39, 0.29) is 42.7 Å². The number of pyridine rings is 1. The third-order valence-electron chi connectivity index (χ3n) is 14.2. The van der Waals surface area contributed by atoms with Crippen LogP contribution in [0.25, 0.3) is 38.8 Å². The molecule has 3 aliphatic rings. The molecule has 6 heteroatoms. The van der Waals surface area contributed by atoms with Crippen molar-refractivity contribution in [3.63, 3.8) is 0 Å². The van der Waals surface area contributed by atoms with Crippen molar-refractivity contribution in [2.24, 2.45) is 0 Å². The van der Waals surface area contributed by atoms with Crippen LogP contribution in [0.2, 0.25) is 0 Å². The predicted molar refractivity (Wildman–Crippen MR) is 270 cm³/mol. The predicted octanol–water partition coefficient (Wildman–Crippen LogP) is 15.1. The quantitative estimate of drug-likeness (QED) is 0.165. The fraction of sp³-hybridized carbons (Fsp3) is 0.300. The molecule has 0 bridgehead atoms. The fourth-order valence-electron chi connectivity index (χ4n) is 11.0. The molecule has 6 aromatic carbocycles. The first-order valence-electron chi connectivity index (χ1n) is 23.2. The summed E-state index contributed by atoms with van der Waals surface area (Å²) in [6, 6.07) is 47.9. The van der Waals surface area contributed by atoms with Crippen LogP contribution >= 0.6 is 0 Å². The van der Waals surface area contributed by atoms with Gasteiger partial charge in [-0.1, -0.05) is 155 Å². The summed E-state index contributed by atoms with van der Waals surface area (Å²) in [5.41, 5.74) is 17.7. The van der Waals surface area contributed by atoms with E-state index < -0.39 is 5.41 Å². The number of hydrogen-bond acceptors (Lipinski definition) is 4. The molecule has 5 nitrogen and oxygen atoms in total. The molecule has 2 aliphatic heterocycles. The number of para-hydroxylation sites is 2. The monoisotopic (exact) mass is 1050 g/mol. The average Bonchev–Trinajstić information content (AvgIpc) is 3.87. The van der Waals surface area contributed by atoms with Crippen LogP contribution in [0.4, 0.5) is 17.1 Å². The molecule has 0 saturated heterocycles. The summed E-state index contributed by atoms with van der Waals surface area (Å²) in [7, 11) is 2.16. The molecule has 0 atom stereocenters. The Morgan fingerprint density at radius 3 is 1.80 bits per heavy atom. The van der Waals surface area contributed by atoms with Gasteiger partial charge in [0.1, 0.15) is 5.82 Å². The smallest absolute Gasteiger partial charge is 0.135 e. The van der Waals surface area contributed by atoms with E-state index in [0.29, 0.717) is 11.5 Å². The molecular weight excluding hydrogens is 988 g/mol. The molecule has 0 radical (unpaired) electrons. The Kier molecular flexibility index (Phi) is 9.83. The Bertz CT molecular complexity index is 3200. The molecule has 11 rings (SSSR count). The number of ether oxygens (including phenoxy) is 1. The van der Waals surface area contributed by atoms with Crippen molar-refractivity contribution in [2.75, 3.05) is 16.8 Å². The van der Waals surface area contributed by atoms with Gasteiger partial charge < -0.3 is 19.1 Å². The fourth-order valence-corrected chi connectivity index (χ4v) is 11.0. The Balaban J connectivity index is 0.00000511. The summed E-state index contributed by atoms with van der Waals surface area (Å²) < 4.78 is 9.09. The molecule has 1 aliphatic carbocycles. The van der Waals surface area contributed by atoms with Crippen molar-refractivity contribution in [3.8, 4) is 28.4 Å². The molecule has 66 heavy (non-hydrogen) atoms. The van der Waals surface area contributed by atoms with E-state index in [9.17, 15) is 0 Å². The SMILES string of the molecule is CN1[CH-]N2c3[c-]c(Oc4[c-]c5c(cc4)c4ccccc4n5-c4ccccn4)ccc3C3(c4cccc1c42)c1c(cc(C(C)(C)C)cc1C(C)(C)C)-c1cc(C(C)(C)C)cc(C(C)(C)C)c13.[Pt]. The number of benzene rings is 6. The van der Waals surface area contributed by atoms with Crippen molar-refractivity contribution in [1.82, 2.24) is 9.55 Å². The van der Waals surface area contributed by atoms with Gasteiger partial charge in [0.2, 0.25) is 0 Å². The topological polar surface area (TPSA) is 33.5 Å². The summed E-state index contributed by atoms with van der Waals surface area (Å²) in [6.45, 7) is 30.7. The summed E-state index contributed by atoms with van der Waals surface area (Å²) in [6.07, 6.45) is 1.84. The van der Waals surface area contributed by atoms with Gasteiger partial charge in [0, 0.05) is 61.1 Å². The van der Waals surface area contributed by atoms with E-state index in [0.717, 1.165) is 33.3 Å². The Morgan fingerprint density at radius 1 is 0.591 bits per heavy atom. The van der Waals surface area contributed by atoms with Crippen LogP contribution in [0.15, 0.2) is 115 Å². The molecule has 0 fully saturated rings. The summed E-state index contributed by atoms with van der Waals surface area (Å²) >= 11 is 0. The molecule has 1 spiro atoms. The molecule has 4 heterocycles. The van der Waals surface area contributed by atoms with Gasteiger partial charge in [0.15, 0.2) is 0 Å². The van der Waals surface area contributed by atoms with Crippen LogP contribution < -0.4 is 14.5 Å². The van der Waals surface area contributed by atoms with Gasteiger partial charge in [-0.2, -0.15) is 18.8 Å². The summed E-state index contributed by atoms with van der Waals surface area (Å²) in [4.78, 5) is 9.38. The Labute approximate surface area is 406 Å². The standard InChI is InChI=1S/C60H59N4O.Pt/c1-56(2,3)36-29-42-43-30-37(57(4,5)6)32-47(59(10,11)12)54(43)60(53(42)46(31-36)58(7,8)9)44-27-25-39(34-51(44)63-35-62(13)49-22-18-20-45(60)55(49)63)65-38-24-26-41-40-19-14-15-21-48(40)64(50(41)33-38)52-23-16-17-28-61-52;/h14-32,35H,1-13H3;/q-3;. The van der Waals surface area contributed by atoms with E-state index in [4.69, 9.17) is 9.72 Å². The maximum atomic E-state index is 6.92. The van der Waals surface area contributed by atoms with Crippen LogP contribution in [0, 0.1) is 18.8 Å². The molecular formula is C60H59N4OPt-3. The van der Waals surface area contributed by atoms with Gasteiger partial charge in [-0.05, 0) is 108 Å². The number of nitrogens with zero attached hydrogens (tertiary/aromatic N) is 4. The largest absolute Gasteiger partial charge is 0.509 e. The van der Waals surface area contributed by atoms with E-state index in [2.05, 4.69) is 208 Å². The number of aromatic nitrogens is 2. The van der Waals surface area contributed by atoms with E-state index >= 15 is 0 Å². The van der Waals surface area contributed by atoms with E-state index in [1.807, 2.05) is 30.5 Å². The third kappa shape index (κ3) is 6.39. The van der Waals surface area contributed by atoms with E-state index in [1.165, 1.54) is 67.0 Å². The second-order valence-electron chi connectivity index (χ2n) is 22.7. The van der Waals surface area contributed by atoms with Crippen molar-refractivity contribution in [3.05, 3.63) is 179 Å². The zero-order valence-electron chi connectivity index (χ0n) is 40.6. The Hall–Kier alpha value is -5.64. The molecule has 2 aromatic heterocycles. The van der Waals surface area contributed by atoms with Gasteiger partial charge in [0.05, 0.1) is 0 Å². The molecule has 0 unspecified atom stereocenters. The van der Waals surface area contributed by atoms with Gasteiger partial charge in [0.25, 0.3) is 0 Å². The van der Waals surface area contributed by atoms with Gasteiger partial charge in [-0.15, -0.1) is 35.2 Å². The number of fused-ring (bicyclic) bond motifs is 12. The number of hydrogen-bond donors (Lipinski definition) is 0. The summed E-state index contributed by atoms with van der Waals surface area (Å²) in [5.74, 6) is 2.09. The minimum absolute atomic E-state index is 0. The van der Waals surface area contributed by atoms with Crippen LogP contribution in [0.5, 0.6) is 11.5 Å². The second kappa shape index (κ2) is 14.7. The van der Waals surface area contributed by atoms with E-state index in [1.54, 1.807) is 0 Å². The average molecular weight is 1050 g/mol. The number of anilines is 3. The molecule has 338 valence electrons. The minimum Gasteiger partial charge on any atom is -0.509 e. The van der Waals surface area contributed by atoms with Crippen LogP contribution in [0.3, 0.4) is 0 Å². The second-order valence-corrected chi connectivity index (χ2v) is 22.7. The van der Waals surface area contributed by atoms with Gasteiger partial charge >= 0.3 is 0 Å². The van der Waals surface area contributed by atoms with Crippen molar-refractivity contribution < 1.29 is 25.8 Å². The van der Waals surface area contributed by atoms with Crippen molar-refractivity contribution in [1.29, 1.82) is 0 Å². The van der Waals surface area contributed by atoms with Crippen LogP contribution in [0.1, 0.15) is 128 Å². The first-order valence-corrected chi connectivity index (χ1v) is 23.2. The maximum Gasteiger partial charge on any atom is 0.135 e. The maximum absolute atomic E-state index is 6.92. The van der Waals surface area contributed by atoms with Gasteiger partial charge in [-0.3, -0.25) is 0 Å². The first kappa shape index (κ1) is 44.2. The molecule has 0 amide bonds. The van der Waals surface area contributed by atoms with Crippen molar-refractivity contribution in [2.45, 2.75) is 110 Å². The molecule has 0 N–H and O–H groups in total. The zero-order chi connectivity index (χ0) is 45.7. The molecule has 8 aromatic rings. The number of rotatable bonds is 3. The van der Waals surface area contributed by atoms with Gasteiger partial charge in [-0.25, -0.2) is 4.98 Å². The van der Waals surface area contributed by atoms with Crippen LogP contribution in [-0.4, -0.2) is 16.6 Å². The molecule has 0 saturated carbocycles. The summed E-state index contributed by atoms with van der Waals surface area (Å²) in [5, 5.41) is 2.25. The normalized spacial score (nSPS) is 14.9.